The van der Waals surface area contributed by atoms with Crippen LogP contribution in [-0.4, -0.2) is 46.0 Å². The van der Waals surface area contributed by atoms with Gasteiger partial charge < -0.3 is 15.5 Å². The maximum Gasteiger partial charge on any atom is 0.141 e. The largest absolute Gasteiger partial charge is 0.506 e. The molecule has 5 heteroatoms. The average molecular weight is 275 g/mol. The van der Waals surface area contributed by atoms with Gasteiger partial charge in [0.15, 0.2) is 0 Å². The lowest BCUT2D eigenvalue weighted by atomic mass is 10.1. The highest BCUT2D eigenvalue weighted by Crippen LogP contribution is 2.29. The Morgan fingerprint density at radius 3 is 2.70 bits per heavy atom. The van der Waals surface area contributed by atoms with Crippen LogP contribution in [0.4, 0.5) is 5.69 Å². The smallest absolute Gasteiger partial charge is 0.141 e. The molecule has 0 aliphatic carbocycles. The van der Waals surface area contributed by atoms with E-state index < -0.39 is 6.23 Å². The summed E-state index contributed by atoms with van der Waals surface area (Å²) in [6, 6.07) is 7.02. The van der Waals surface area contributed by atoms with Gasteiger partial charge in [-0.25, -0.2) is 0 Å². The molecule has 0 bridgehead atoms. The third-order valence-corrected chi connectivity index (χ3v) is 3.40. The van der Waals surface area contributed by atoms with Crippen molar-refractivity contribution in [3.63, 3.8) is 0 Å². The van der Waals surface area contributed by atoms with Crippen LogP contribution in [0.2, 0.25) is 0 Å². The van der Waals surface area contributed by atoms with Crippen LogP contribution in [0, 0.1) is 0 Å². The topological polar surface area (TPSA) is 68.6 Å². The number of phenolic OH excluding ortho intramolecular Hbond substituents is 1. The number of nitrogens with one attached hydrogen (secondary N) is 1. The number of likely N-dealkylation sites (N-methyl/N-ethyl adjacent to an activating group) is 1. The van der Waals surface area contributed by atoms with Crippen LogP contribution in [0.3, 0.4) is 0 Å². The predicted molar refractivity (Wildman–Crippen MR) is 80.8 cm³/mol. The number of hydrogen-bond donors (Lipinski definition) is 3. The number of anilines is 1. The van der Waals surface area contributed by atoms with Crippen LogP contribution in [0.1, 0.15) is 13.8 Å². The van der Waals surface area contributed by atoms with Crippen molar-refractivity contribution in [1.82, 2.24) is 9.88 Å². The number of aliphatic hydroxyl groups excluding tert-OH is 1. The molecule has 2 rings (SSSR count). The molecule has 1 atom stereocenters. The summed E-state index contributed by atoms with van der Waals surface area (Å²) in [7, 11) is 0. The Labute approximate surface area is 118 Å². The fraction of sp³-hybridized carbons (Fsp3) is 0.400. The Morgan fingerprint density at radius 1 is 1.25 bits per heavy atom. The van der Waals surface area contributed by atoms with Gasteiger partial charge in [0, 0.05) is 23.8 Å². The van der Waals surface area contributed by atoms with Crippen molar-refractivity contribution < 1.29 is 10.2 Å². The minimum atomic E-state index is -0.664. The SMILES string of the molecule is CCN(CC)CC(O)Nc1ccc(O)c2ncccc12. The van der Waals surface area contributed by atoms with E-state index >= 15 is 0 Å². The maximum atomic E-state index is 10.1. The Bertz CT molecular complexity index is 570. The number of hydrogen-bond acceptors (Lipinski definition) is 5. The van der Waals surface area contributed by atoms with Crippen LogP contribution < -0.4 is 5.32 Å². The zero-order chi connectivity index (χ0) is 14.5. The van der Waals surface area contributed by atoms with E-state index in [-0.39, 0.29) is 5.75 Å². The second-order valence-corrected chi connectivity index (χ2v) is 4.68. The molecule has 0 radical (unpaired) electrons. The van der Waals surface area contributed by atoms with Gasteiger partial charge in [0.1, 0.15) is 17.5 Å². The molecular weight excluding hydrogens is 254 g/mol. The highest BCUT2D eigenvalue weighted by molar-refractivity contribution is 5.94. The van der Waals surface area contributed by atoms with Crippen LogP contribution in [0.25, 0.3) is 10.9 Å². The zero-order valence-corrected chi connectivity index (χ0v) is 11.9. The lowest BCUT2D eigenvalue weighted by Gasteiger charge is -2.23. The quantitative estimate of drug-likeness (QED) is 0.556. The first kappa shape index (κ1) is 14.6. The van der Waals surface area contributed by atoms with Crippen LogP contribution >= 0.6 is 0 Å². The van der Waals surface area contributed by atoms with Crippen molar-refractivity contribution in [3.8, 4) is 5.75 Å². The first-order valence-electron chi connectivity index (χ1n) is 6.89. The zero-order valence-electron chi connectivity index (χ0n) is 11.9. The molecule has 0 spiro atoms. The van der Waals surface area contributed by atoms with E-state index in [4.69, 9.17) is 0 Å². The Morgan fingerprint density at radius 2 is 2.00 bits per heavy atom. The molecule has 2 aromatic rings. The summed E-state index contributed by atoms with van der Waals surface area (Å²) in [5.41, 5.74) is 1.30. The van der Waals surface area contributed by atoms with Crippen molar-refractivity contribution in [2.75, 3.05) is 25.0 Å². The molecule has 1 aromatic heterocycles. The van der Waals surface area contributed by atoms with E-state index in [2.05, 4.69) is 29.0 Å². The van der Waals surface area contributed by atoms with E-state index in [1.54, 1.807) is 18.3 Å². The average Bonchev–Trinajstić information content (AvgIpc) is 2.48. The molecular formula is C15H21N3O2. The Hall–Kier alpha value is -1.85. The van der Waals surface area contributed by atoms with Gasteiger partial charge in [0.05, 0.1) is 0 Å². The van der Waals surface area contributed by atoms with Crippen LogP contribution in [0.15, 0.2) is 30.5 Å². The van der Waals surface area contributed by atoms with Crippen molar-refractivity contribution in [3.05, 3.63) is 30.5 Å². The number of aromatic nitrogens is 1. The number of rotatable bonds is 6. The first-order valence-corrected chi connectivity index (χ1v) is 6.89. The minimum absolute atomic E-state index is 0.143. The molecule has 0 saturated carbocycles. The first-order chi connectivity index (χ1) is 9.65. The van der Waals surface area contributed by atoms with Gasteiger partial charge in [0.2, 0.25) is 0 Å². The van der Waals surface area contributed by atoms with E-state index in [9.17, 15) is 10.2 Å². The van der Waals surface area contributed by atoms with Crippen molar-refractivity contribution >= 4 is 16.6 Å². The summed E-state index contributed by atoms with van der Waals surface area (Å²) < 4.78 is 0. The number of benzene rings is 1. The van der Waals surface area contributed by atoms with E-state index in [0.29, 0.717) is 12.1 Å². The van der Waals surface area contributed by atoms with Gasteiger partial charge in [-0.1, -0.05) is 13.8 Å². The fourth-order valence-electron chi connectivity index (χ4n) is 2.24. The molecule has 0 saturated heterocycles. The van der Waals surface area contributed by atoms with Crippen molar-refractivity contribution in [2.24, 2.45) is 0 Å². The molecule has 5 nitrogen and oxygen atoms in total. The summed E-state index contributed by atoms with van der Waals surface area (Å²) in [6.07, 6.45) is 0.973. The second kappa shape index (κ2) is 6.54. The van der Waals surface area contributed by atoms with Gasteiger partial charge in [0.25, 0.3) is 0 Å². The normalized spacial score (nSPS) is 12.8. The summed E-state index contributed by atoms with van der Waals surface area (Å²) in [5.74, 6) is 0.143. The third-order valence-electron chi connectivity index (χ3n) is 3.40. The molecule has 1 unspecified atom stereocenters. The van der Waals surface area contributed by atoms with Crippen molar-refractivity contribution in [1.29, 1.82) is 0 Å². The van der Waals surface area contributed by atoms with Gasteiger partial charge in [-0.3, -0.25) is 9.88 Å². The number of aromatic hydroxyl groups is 1. The molecule has 108 valence electrons. The van der Waals surface area contributed by atoms with E-state index in [0.717, 1.165) is 24.2 Å². The molecule has 0 amide bonds. The molecule has 0 aliphatic heterocycles. The van der Waals surface area contributed by atoms with Crippen LogP contribution in [0.5, 0.6) is 5.75 Å². The standard InChI is InChI=1S/C15H21N3O2/c1-3-18(4-2)10-14(20)17-12-7-8-13(19)15-11(12)6-5-9-16-15/h5-9,14,17,19-20H,3-4,10H2,1-2H3. The summed E-state index contributed by atoms with van der Waals surface area (Å²) in [4.78, 5) is 6.30. The molecule has 20 heavy (non-hydrogen) atoms. The predicted octanol–water partition coefficient (Wildman–Crippen LogP) is 2.01. The van der Waals surface area contributed by atoms with Crippen molar-refractivity contribution in [2.45, 2.75) is 20.1 Å². The number of pyridine rings is 1. The lowest BCUT2D eigenvalue weighted by molar-refractivity contribution is 0.140. The molecule has 3 N–H and O–H groups in total. The Kier molecular flexibility index (Phi) is 4.76. The van der Waals surface area contributed by atoms with Gasteiger partial charge in [-0.05, 0) is 37.4 Å². The lowest BCUT2D eigenvalue weighted by Crippen LogP contribution is -2.36. The van der Waals surface area contributed by atoms with Gasteiger partial charge >= 0.3 is 0 Å². The highest BCUT2D eigenvalue weighted by atomic mass is 16.3. The molecule has 1 heterocycles. The third kappa shape index (κ3) is 3.18. The molecule has 1 aromatic carbocycles. The number of aliphatic hydroxyl groups is 1. The summed E-state index contributed by atoms with van der Waals surface area (Å²) in [6.45, 7) is 6.47. The van der Waals surface area contributed by atoms with Gasteiger partial charge in [-0.15, -0.1) is 0 Å². The van der Waals surface area contributed by atoms with E-state index in [1.807, 2.05) is 12.1 Å². The fourth-order valence-corrected chi connectivity index (χ4v) is 2.24. The number of nitrogens with zero attached hydrogens (tertiary/aromatic N) is 2. The number of fused-ring (bicyclic) bond motifs is 1. The Balaban J connectivity index is 2.19. The van der Waals surface area contributed by atoms with Crippen LogP contribution in [-0.2, 0) is 0 Å². The summed E-state index contributed by atoms with van der Waals surface area (Å²) in [5, 5.41) is 23.8. The monoisotopic (exact) mass is 275 g/mol. The molecule has 0 aliphatic rings. The highest BCUT2D eigenvalue weighted by Gasteiger charge is 2.11. The molecule has 0 fully saturated rings. The van der Waals surface area contributed by atoms with Gasteiger partial charge in [-0.2, -0.15) is 0 Å². The van der Waals surface area contributed by atoms with E-state index in [1.165, 1.54) is 0 Å². The number of phenols is 1. The second-order valence-electron chi connectivity index (χ2n) is 4.68. The minimum Gasteiger partial charge on any atom is -0.506 e. The maximum absolute atomic E-state index is 10.1. The summed E-state index contributed by atoms with van der Waals surface area (Å²) >= 11 is 0.